The second-order valence-electron chi connectivity index (χ2n) is 6.64. The summed E-state index contributed by atoms with van der Waals surface area (Å²) < 4.78 is 5.16. The van der Waals surface area contributed by atoms with Gasteiger partial charge >= 0.3 is 0 Å². The van der Waals surface area contributed by atoms with E-state index >= 15 is 0 Å². The topological polar surface area (TPSA) is 71.5 Å². The van der Waals surface area contributed by atoms with Crippen LogP contribution in [0.1, 0.15) is 6.42 Å². The Kier molecular flexibility index (Phi) is 5.51. The third-order valence-corrected chi connectivity index (χ3v) is 5.73. The predicted molar refractivity (Wildman–Crippen MR) is 115 cm³/mol. The Hall–Kier alpha value is -2.90. The molecule has 29 heavy (non-hydrogen) atoms. The van der Waals surface area contributed by atoms with E-state index in [-0.39, 0.29) is 18.2 Å². The van der Waals surface area contributed by atoms with Crippen molar-refractivity contribution < 1.29 is 14.3 Å². The second kappa shape index (κ2) is 8.23. The fourth-order valence-corrected chi connectivity index (χ4v) is 4.12. The van der Waals surface area contributed by atoms with E-state index in [0.717, 1.165) is 17.0 Å². The number of rotatable bonds is 5. The van der Waals surface area contributed by atoms with Gasteiger partial charge in [-0.25, -0.2) is 4.98 Å². The molecule has 1 saturated heterocycles. The van der Waals surface area contributed by atoms with Gasteiger partial charge in [0, 0.05) is 34.6 Å². The van der Waals surface area contributed by atoms with Crippen LogP contribution in [0, 0.1) is 5.92 Å². The molecule has 3 aromatic rings. The van der Waals surface area contributed by atoms with Crippen molar-refractivity contribution in [1.29, 1.82) is 0 Å². The van der Waals surface area contributed by atoms with E-state index in [0.29, 0.717) is 22.4 Å². The number of ether oxygens (including phenoxy) is 1. The van der Waals surface area contributed by atoms with E-state index in [9.17, 15) is 9.59 Å². The Morgan fingerprint density at radius 2 is 2.07 bits per heavy atom. The van der Waals surface area contributed by atoms with Crippen molar-refractivity contribution >= 4 is 45.6 Å². The number of benzene rings is 2. The largest absolute Gasteiger partial charge is 0.497 e. The monoisotopic (exact) mass is 427 g/mol. The molecule has 1 aliphatic heterocycles. The molecule has 6 nitrogen and oxygen atoms in total. The van der Waals surface area contributed by atoms with Crippen molar-refractivity contribution in [3.63, 3.8) is 0 Å². The van der Waals surface area contributed by atoms with Crippen LogP contribution in [0.15, 0.2) is 53.9 Å². The maximum atomic E-state index is 12.7. The molecule has 0 saturated carbocycles. The van der Waals surface area contributed by atoms with Crippen LogP contribution in [0.3, 0.4) is 0 Å². The lowest BCUT2D eigenvalue weighted by Crippen LogP contribution is -2.28. The van der Waals surface area contributed by atoms with Crippen molar-refractivity contribution in [1.82, 2.24) is 4.98 Å². The zero-order valence-electron chi connectivity index (χ0n) is 15.6. The van der Waals surface area contributed by atoms with Gasteiger partial charge < -0.3 is 15.0 Å². The number of carbonyl (C=O) groups excluding carboxylic acids is 2. The van der Waals surface area contributed by atoms with Crippen LogP contribution < -0.4 is 15.0 Å². The van der Waals surface area contributed by atoms with Gasteiger partial charge in [0.1, 0.15) is 5.75 Å². The first-order valence-electron chi connectivity index (χ1n) is 9.00. The molecule has 4 rings (SSSR count). The summed E-state index contributed by atoms with van der Waals surface area (Å²) in [7, 11) is 1.62. The lowest BCUT2D eigenvalue weighted by Gasteiger charge is -2.16. The minimum atomic E-state index is -0.435. The number of nitrogens with one attached hydrogen (secondary N) is 1. The summed E-state index contributed by atoms with van der Waals surface area (Å²) in [6.07, 6.45) is 0.162. The maximum Gasteiger partial charge on any atom is 0.231 e. The molecule has 1 N–H and O–H groups in total. The molecular weight excluding hydrogens is 410 g/mol. The van der Waals surface area contributed by atoms with Crippen molar-refractivity contribution in [2.45, 2.75) is 6.42 Å². The summed E-state index contributed by atoms with van der Waals surface area (Å²) in [4.78, 5) is 31.1. The average Bonchev–Trinajstić information content (AvgIpc) is 3.35. The number of anilines is 2. The number of hydrogen-bond acceptors (Lipinski definition) is 5. The first-order valence-corrected chi connectivity index (χ1v) is 10.3. The highest BCUT2D eigenvalue weighted by Crippen LogP contribution is 2.30. The molecular formula is C21H18ClN3O3S. The molecule has 2 aromatic carbocycles. The second-order valence-corrected chi connectivity index (χ2v) is 7.94. The normalized spacial score (nSPS) is 16.1. The number of thiazole rings is 1. The number of nitrogens with zero attached hydrogens (tertiary/aromatic N) is 2. The standard InChI is InChI=1S/C21H18ClN3O3S/c1-28-17-7-5-13(6-8-17)18-12-29-21(23-18)24-20(27)14-9-19(26)25(11-14)16-4-2-3-15(22)10-16/h2-8,10,12,14H,9,11H2,1H3,(H,23,24,27). The van der Waals surface area contributed by atoms with Gasteiger partial charge in [-0.2, -0.15) is 0 Å². The molecule has 2 heterocycles. The number of amides is 2. The van der Waals surface area contributed by atoms with Crippen LogP contribution in [0.4, 0.5) is 10.8 Å². The summed E-state index contributed by atoms with van der Waals surface area (Å²) in [6, 6.07) is 14.6. The molecule has 0 spiro atoms. The van der Waals surface area contributed by atoms with Crippen LogP contribution in [0.5, 0.6) is 5.75 Å². The van der Waals surface area contributed by atoms with Crippen LogP contribution in [-0.2, 0) is 9.59 Å². The first-order chi connectivity index (χ1) is 14.0. The molecule has 0 aliphatic carbocycles. The minimum absolute atomic E-state index is 0.0922. The zero-order valence-corrected chi connectivity index (χ0v) is 17.2. The lowest BCUT2D eigenvalue weighted by molar-refractivity contribution is -0.122. The minimum Gasteiger partial charge on any atom is -0.497 e. The summed E-state index contributed by atoms with van der Waals surface area (Å²) in [6.45, 7) is 0.321. The Bertz CT molecular complexity index is 1050. The molecule has 1 aliphatic rings. The highest BCUT2D eigenvalue weighted by atomic mass is 35.5. The Morgan fingerprint density at radius 3 is 2.79 bits per heavy atom. The van der Waals surface area contributed by atoms with Gasteiger partial charge in [-0.15, -0.1) is 11.3 Å². The zero-order chi connectivity index (χ0) is 20.4. The van der Waals surface area contributed by atoms with E-state index in [1.54, 1.807) is 30.2 Å². The highest BCUT2D eigenvalue weighted by molar-refractivity contribution is 7.14. The average molecular weight is 428 g/mol. The summed E-state index contributed by atoms with van der Waals surface area (Å²) in [5.41, 5.74) is 2.41. The van der Waals surface area contributed by atoms with Crippen molar-refractivity contribution in [2.24, 2.45) is 5.92 Å². The third kappa shape index (κ3) is 4.26. The first kappa shape index (κ1) is 19.4. The molecule has 1 atom stereocenters. The van der Waals surface area contributed by atoms with Gasteiger partial charge in [-0.05, 0) is 42.5 Å². The summed E-state index contributed by atoms with van der Waals surface area (Å²) >= 11 is 7.37. The molecule has 2 amide bonds. The molecule has 0 radical (unpaired) electrons. The molecule has 8 heteroatoms. The maximum absolute atomic E-state index is 12.7. The number of hydrogen-bond donors (Lipinski definition) is 1. The molecule has 148 valence electrons. The van der Waals surface area contributed by atoms with E-state index in [4.69, 9.17) is 16.3 Å². The van der Waals surface area contributed by atoms with E-state index in [2.05, 4.69) is 10.3 Å². The number of aromatic nitrogens is 1. The number of methoxy groups -OCH3 is 1. The summed E-state index contributed by atoms with van der Waals surface area (Å²) in [5.74, 6) is 0.0338. The van der Waals surface area contributed by atoms with Crippen LogP contribution in [0.2, 0.25) is 5.02 Å². The van der Waals surface area contributed by atoms with Crippen molar-refractivity contribution in [3.8, 4) is 17.0 Å². The van der Waals surface area contributed by atoms with Crippen molar-refractivity contribution in [3.05, 3.63) is 58.9 Å². The smallest absolute Gasteiger partial charge is 0.231 e. The van der Waals surface area contributed by atoms with Crippen LogP contribution in [0.25, 0.3) is 11.3 Å². The molecule has 1 unspecified atom stereocenters. The van der Waals surface area contributed by atoms with Gasteiger partial charge in [0.15, 0.2) is 5.13 Å². The van der Waals surface area contributed by atoms with Gasteiger partial charge in [0.2, 0.25) is 11.8 Å². The number of halogens is 1. The fraction of sp³-hybridized carbons (Fsp3) is 0.190. The van der Waals surface area contributed by atoms with Gasteiger partial charge in [0.05, 0.1) is 18.7 Å². The third-order valence-electron chi connectivity index (χ3n) is 4.74. The highest BCUT2D eigenvalue weighted by Gasteiger charge is 2.35. The molecule has 1 fully saturated rings. The van der Waals surface area contributed by atoms with Crippen molar-refractivity contribution in [2.75, 3.05) is 23.9 Å². The number of carbonyl (C=O) groups is 2. The fourth-order valence-electron chi connectivity index (χ4n) is 3.21. The Labute approximate surface area is 177 Å². The van der Waals surface area contributed by atoms with Crippen LogP contribution >= 0.6 is 22.9 Å². The Morgan fingerprint density at radius 1 is 1.28 bits per heavy atom. The SMILES string of the molecule is COc1ccc(-c2csc(NC(=O)C3CC(=O)N(c4cccc(Cl)c4)C3)n2)cc1. The van der Waals surface area contributed by atoms with Crippen LogP contribution in [-0.4, -0.2) is 30.5 Å². The summed E-state index contributed by atoms with van der Waals surface area (Å²) in [5, 5.41) is 5.79. The quantitative estimate of drug-likeness (QED) is 0.652. The van der Waals surface area contributed by atoms with E-state index in [1.165, 1.54) is 11.3 Å². The molecule has 1 aromatic heterocycles. The van der Waals surface area contributed by atoms with E-state index < -0.39 is 5.92 Å². The Balaban J connectivity index is 1.42. The van der Waals surface area contributed by atoms with E-state index in [1.807, 2.05) is 35.7 Å². The lowest BCUT2D eigenvalue weighted by atomic mass is 10.1. The molecule has 0 bridgehead atoms. The van der Waals surface area contributed by atoms with Gasteiger partial charge in [0.25, 0.3) is 0 Å². The predicted octanol–water partition coefficient (Wildman–Crippen LogP) is 4.46. The van der Waals surface area contributed by atoms with Gasteiger partial charge in [-0.3, -0.25) is 9.59 Å². The van der Waals surface area contributed by atoms with Gasteiger partial charge in [-0.1, -0.05) is 17.7 Å².